The Hall–Kier alpha value is -5.59. The summed E-state index contributed by atoms with van der Waals surface area (Å²) >= 11 is 1.47. The Morgan fingerprint density at radius 3 is 2.50 bits per heavy atom. The van der Waals surface area contributed by atoms with Crippen molar-refractivity contribution in [3.63, 3.8) is 0 Å². The number of rotatable bonds is 21. The van der Waals surface area contributed by atoms with Gasteiger partial charge < -0.3 is 35.8 Å². The van der Waals surface area contributed by atoms with Crippen molar-refractivity contribution in [3.05, 3.63) is 66.6 Å². The molecule has 1 aliphatic carbocycles. The zero-order valence-corrected chi connectivity index (χ0v) is 35.4. The van der Waals surface area contributed by atoms with Crippen LogP contribution in [0.5, 0.6) is 11.5 Å². The van der Waals surface area contributed by atoms with Crippen LogP contribution in [-0.4, -0.2) is 84.6 Å². The second-order valence-corrected chi connectivity index (χ2v) is 17.8. The number of sulfonamides is 1. The molecule has 6 rings (SSSR count). The maximum absolute atomic E-state index is 13.8. The van der Waals surface area contributed by atoms with E-state index in [-0.39, 0.29) is 42.3 Å². The molecule has 18 heteroatoms. The summed E-state index contributed by atoms with van der Waals surface area (Å²) in [6.45, 7) is 8.18. The van der Waals surface area contributed by atoms with E-state index in [0.717, 1.165) is 29.8 Å². The van der Waals surface area contributed by atoms with Gasteiger partial charge in [0.25, 0.3) is 15.9 Å². The smallest absolute Gasteiger partial charge is 0.303 e. The molecule has 1 aliphatic heterocycles. The predicted octanol–water partition coefficient (Wildman–Crippen LogP) is 5.62. The van der Waals surface area contributed by atoms with Gasteiger partial charge in [-0.15, -0.1) is 17.9 Å². The number of amides is 3. The number of nitrogens with one attached hydrogen (secondary N) is 5. The summed E-state index contributed by atoms with van der Waals surface area (Å²) in [5.41, 5.74) is 0.376. The van der Waals surface area contributed by atoms with Crippen LogP contribution in [0.2, 0.25) is 0 Å². The predicted molar refractivity (Wildman–Crippen MR) is 229 cm³/mol. The summed E-state index contributed by atoms with van der Waals surface area (Å²) < 4.78 is 41.4. The standard InChI is InChI=1S/C42H51N7O9S2/c1-5-26-22-42(26,40(54)49-60(55,56)36-14-12-11-13-30(36)46-37(50)15-9-7-6-8-10-16-38(51)52)48-39(53)33-20-28(23-43-33)58-35-21-32(34-24-59-41(47-34)44-25(2)3)45-31-19-27(57-4)17-18-29(31)35/h5,11-14,17-19,21,24-26,28,33,43H,1,6-10,15-16,20,22-23H2,2-4H3,(H,44,47)(H,46,50)(H,48,53)(H,49,54)(H,51,52). The minimum Gasteiger partial charge on any atom is -0.497 e. The fraction of sp³-hybridized carbons (Fsp3) is 0.429. The highest BCUT2D eigenvalue weighted by Crippen LogP contribution is 2.45. The first-order chi connectivity index (χ1) is 28.7. The number of thiazole rings is 1. The molecule has 4 unspecified atom stereocenters. The topological polar surface area (TPSA) is 227 Å². The van der Waals surface area contributed by atoms with Crippen molar-refractivity contribution in [2.75, 3.05) is 24.3 Å². The van der Waals surface area contributed by atoms with Crippen LogP contribution in [-0.2, 0) is 29.2 Å². The molecule has 0 spiro atoms. The molecule has 2 aromatic heterocycles. The van der Waals surface area contributed by atoms with Gasteiger partial charge in [0.2, 0.25) is 11.8 Å². The Labute approximate surface area is 353 Å². The highest BCUT2D eigenvalue weighted by molar-refractivity contribution is 7.90. The number of methoxy groups -OCH3 is 1. The quantitative estimate of drug-likeness (QED) is 0.0443. The first kappa shape index (κ1) is 44.0. The Kier molecular flexibility index (Phi) is 14.1. The summed E-state index contributed by atoms with van der Waals surface area (Å²) in [5.74, 6) is -2.00. The first-order valence-electron chi connectivity index (χ1n) is 19.9. The van der Waals surface area contributed by atoms with E-state index in [4.69, 9.17) is 24.5 Å². The Balaban J connectivity index is 1.09. The number of unbranched alkanes of at least 4 members (excludes halogenated alkanes) is 4. The molecule has 0 radical (unpaired) electrons. The molecule has 4 aromatic rings. The van der Waals surface area contributed by atoms with Crippen molar-refractivity contribution < 1.29 is 42.2 Å². The van der Waals surface area contributed by atoms with Gasteiger partial charge in [-0.05, 0) is 57.4 Å². The zero-order chi connectivity index (χ0) is 43.0. The average Bonchev–Trinajstić information content (AvgIpc) is 3.45. The van der Waals surface area contributed by atoms with Gasteiger partial charge in [-0.3, -0.25) is 19.2 Å². The van der Waals surface area contributed by atoms with Gasteiger partial charge in [0, 0.05) is 60.7 Å². The molecule has 320 valence electrons. The molecule has 6 N–H and O–H groups in total. The third-order valence-corrected chi connectivity index (χ3v) is 12.5. The molecular formula is C42H51N7O9S2. The van der Waals surface area contributed by atoms with E-state index in [2.05, 4.69) is 32.6 Å². The van der Waals surface area contributed by atoms with E-state index in [1.807, 2.05) is 43.5 Å². The fourth-order valence-corrected chi connectivity index (χ4v) is 9.18. The number of aromatic nitrogens is 2. The van der Waals surface area contributed by atoms with Crippen LogP contribution in [0.25, 0.3) is 22.3 Å². The number of para-hydroxylation sites is 1. The maximum Gasteiger partial charge on any atom is 0.303 e. The van der Waals surface area contributed by atoms with Crippen LogP contribution < -0.4 is 35.5 Å². The van der Waals surface area contributed by atoms with Gasteiger partial charge in [0.1, 0.15) is 33.7 Å². The van der Waals surface area contributed by atoms with Crippen molar-refractivity contribution in [3.8, 4) is 22.9 Å². The number of carboxylic acid groups (broad SMARTS) is 1. The molecular weight excluding hydrogens is 811 g/mol. The first-order valence-corrected chi connectivity index (χ1v) is 22.3. The summed E-state index contributed by atoms with van der Waals surface area (Å²) in [5, 5.41) is 24.1. The maximum atomic E-state index is 13.8. The number of hydrogen-bond acceptors (Lipinski definition) is 13. The summed E-state index contributed by atoms with van der Waals surface area (Å²) in [4.78, 5) is 60.2. The van der Waals surface area contributed by atoms with Crippen molar-refractivity contribution in [2.24, 2.45) is 5.92 Å². The van der Waals surface area contributed by atoms with E-state index in [0.29, 0.717) is 47.8 Å². The van der Waals surface area contributed by atoms with Gasteiger partial charge in [0.05, 0.1) is 30.0 Å². The van der Waals surface area contributed by atoms with E-state index < -0.39 is 57.3 Å². The van der Waals surface area contributed by atoms with Crippen LogP contribution in [0.15, 0.2) is 71.5 Å². The third-order valence-electron chi connectivity index (χ3n) is 10.4. The van der Waals surface area contributed by atoms with Crippen LogP contribution in [0.4, 0.5) is 10.8 Å². The van der Waals surface area contributed by atoms with E-state index in [9.17, 15) is 27.6 Å². The highest BCUT2D eigenvalue weighted by Gasteiger charge is 2.61. The molecule has 0 bridgehead atoms. The Morgan fingerprint density at radius 2 is 1.78 bits per heavy atom. The van der Waals surface area contributed by atoms with Gasteiger partial charge in [0.15, 0.2) is 5.13 Å². The number of ether oxygens (including phenoxy) is 2. The summed E-state index contributed by atoms with van der Waals surface area (Å²) in [6, 6.07) is 12.5. The molecule has 3 heterocycles. The van der Waals surface area contributed by atoms with Crippen LogP contribution in [0, 0.1) is 5.92 Å². The van der Waals surface area contributed by atoms with Crippen LogP contribution in [0.1, 0.15) is 71.6 Å². The second-order valence-electron chi connectivity index (χ2n) is 15.3. The SMILES string of the molecule is C=CC1CC1(NC(=O)C1CC(Oc2cc(-c3csc(NC(C)C)n3)nc3cc(OC)ccc23)CN1)C(=O)NS(=O)(=O)c1ccccc1NC(=O)CCCCCCCC(=O)O. The molecule has 16 nitrogen and oxygen atoms in total. The number of nitrogens with zero attached hydrogens (tertiary/aromatic N) is 2. The summed E-state index contributed by atoms with van der Waals surface area (Å²) in [7, 11) is -2.92. The number of pyridine rings is 1. The fourth-order valence-electron chi connectivity index (χ4n) is 7.13. The largest absolute Gasteiger partial charge is 0.497 e. The minimum absolute atomic E-state index is 0.00677. The van der Waals surface area contributed by atoms with Crippen molar-refractivity contribution in [1.29, 1.82) is 0 Å². The monoisotopic (exact) mass is 861 g/mol. The second kappa shape index (κ2) is 19.2. The summed E-state index contributed by atoms with van der Waals surface area (Å²) in [6.07, 6.45) is 5.05. The van der Waals surface area contributed by atoms with Crippen LogP contribution >= 0.6 is 11.3 Å². The molecule has 1 saturated carbocycles. The molecule has 2 aromatic carbocycles. The third kappa shape index (κ3) is 10.8. The molecule has 1 saturated heterocycles. The lowest BCUT2D eigenvalue weighted by molar-refractivity contribution is -0.137. The number of fused-ring (bicyclic) bond motifs is 1. The van der Waals surface area contributed by atoms with E-state index >= 15 is 0 Å². The average molecular weight is 862 g/mol. The minimum atomic E-state index is -4.51. The normalized spacial score (nSPS) is 19.7. The van der Waals surface area contributed by atoms with Crippen molar-refractivity contribution >= 4 is 66.8 Å². The van der Waals surface area contributed by atoms with Gasteiger partial charge in [-0.25, -0.2) is 23.1 Å². The lowest BCUT2D eigenvalue weighted by Crippen LogP contribution is -2.55. The van der Waals surface area contributed by atoms with Crippen molar-refractivity contribution in [2.45, 2.75) is 100 Å². The molecule has 4 atom stereocenters. The lowest BCUT2D eigenvalue weighted by atomic mass is 10.1. The molecule has 2 fully saturated rings. The molecule has 2 aliphatic rings. The number of carboxylic acids is 1. The number of carbonyl (C=O) groups excluding carboxylic acids is 3. The number of hydrogen-bond donors (Lipinski definition) is 6. The molecule has 3 amide bonds. The van der Waals surface area contributed by atoms with E-state index in [1.165, 1.54) is 35.6 Å². The zero-order valence-electron chi connectivity index (χ0n) is 33.8. The Bertz CT molecular complexity index is 2350. The Morgan fingerprint density at radius 1 is 1.03 bits per heavy atom. The number of anilines is 2. The van der Waals surface area contributed by atoms with Gasteiger partial charge in [-0.1, -0.05) is 37.5 Å². The number of aliphatic carboxylic acids is 1. The lowest BCUT2D eigenvalue weighted by Gasteiger charge is -2.21. The van der Waals surface area contributed by atoms with Crippen molar-refractivity contribution in [1.82, 2.24) is 25.3 Å². The highest BCUT2D eigenvalue weighted by atomic mass is 32.2. The van der Waals surface area contributed by atoms with E-state index in [1.54, 1.807) is 13.2 Å². The van der Waals surface area contributed by atoms with Gasteiger partial charge in [-0.2, -0.15) is 0 Å². The number of benzene rings is 2. The number of carbonyl (C=O) groups is 4. The molecule has 60 heavy (non-hydrogen) atoms. The van der Waals surface area contributed by atoms with Crippen LogP contribution in [0.3, 0.4) is 0 Å². The van der Waals surface area contributed by atoms with Gasteiger partial charge >= 0.3 is 5.97 Å².